The van der Waals surface area contributed by atoms with Gasteiger partial charge >= 0.3 is 0 Å². The minimum Gasteiger partial charge on any atom is -0.347 e. The smallest absolute Gasteiger partial charge is 0.255 e. The molecule has 0 aromatic carbocycles. The van der Waals surface area contributed by atoms with Crippen molar-refractivity contribution in [1.82, 2.24) is 14.2 Å². The second kappa shape index (κ2) is 5.59. The molecule has 1 aliphatic rings. The predicted molar refractivity (Wildman–Crippen MR) is 77.5 cm³/mol. The molecule has 0 spiro atoms. The van der Waals surface area contributed by atoms with Gasteiger partial charge in [-0.3, -0.25) is 4.79 Å². The molecule has 0 N–H and O–H groups in total. The number of nitrogens with zero attached hydrogens (tertiary/aromatic N) is 3. The molecule has 1 aromatic rings. The number of thiazole rings is 1. The van der Waals surface area contributed by atoms with E-state index >= 15 is 0 Å². The second-order valence-corrected chi connectivity index (χ2v) is 8.51. The third-order valence-electron chi connectivity index (χ3n) is 3.20. The number of aryl methyl sites for hydroxylation is 1. The molecule has 1 atom stereocenters. The highest BCUT2D eigenvalue weighted by molar-refractivity contribution is 7.91. The molecule has 0 aliphatic carbocycles. The van der Waals surface area contributed by atoms with E-state index in [1.54, 1.807) is 21.0 Å². The number of hydrogen-bond acceptors (Lipinski definition) is 5. The summed E-state index contributed by atoms with van der Waals surface area (Å²) in [7, 11) is -0.468. The molecule has 2 heterocycles. The molecule has 0 saturated carbocycles. The number of amides is 1. The number of hydrogen-bond donors (Lipinski definition) is 0. The Balaban J connectivity index is 2.38. The van der Waals surface area contributed by atoms with Crippen molar-refractivity contribution in [2.45, 2.75) is 30.0 Å². The van der Waals surface area contributed by atoms with E-state index in [9.17, 15) is 13.2 Å². The van der Waals surface area contributed by atoms with Gasteiger partial charge in [0.05, 0.1) is 5.69 Å². The van der Waals surface area contributed by atoms with Crippen LogP contribution in [-0.2, 0) is 14.8 Å². The fourth-order valence-electron chi connectivity index (χ4n) is 2.27. The van der Waals surface area contributed by atoms with Crippen LogP contribution in [0.5, 0.6) is 0 Å². The van der Waals surface area contributed by atoms with Gasteiger partial charge in [-0.1, -0.05) is 22.9 Å². The van der Waals surface area contributed by atoms with Crippen LogP contribution < -0.4 is 0 Å². The quantitative estimate of drug-likeness (QED) is 0.834. The molecule has 1 amide bonds. The molecule has 9 heteroatoms. The lowest BCUT2D eigenvalue weighted by atomic mass is 10.2. The van der Waals surface area contributed by atoms with E-state index in [2.05, 4.69) is 4.98 Å². The molecule has 0 bridgehead atoms. The van der Waals surface area contributed by atoms with Gasteiger partial charge < -0.3 is 4.90 Å². The summed E-state index contributed by atoms with van der Waals surface area (Å²) in [6, 6.07) is -0.629. The third kappa shape index (κ3) is 2.69. The SMILES string of the molecule is Cc1nc(Cl)sc1S(=O)(=O)N1CCCC1C(=O)N(C)C. The van der Waals surface area contributed by atoms with Crippen molar-refractivity contribution in [2.75, 3.05) is 20.6 Å². The summed E-state index contributed by atoms with van der Waals surface area (Å²) in [6.07, 6.45) is 1.22. The van der Waals surface area contributed by atoms with Crippen molar-refractivity contribution in [3.63, 3.8) is 0 Å². The molecular formula is C11H16ClN3O3S2. The Hall–Kier alpha value is -0.700. The normalized spacial score (nSPS) is 20.3. The maximum Gasteiger partial charge on any atom is 0.255 e. The summed E-state index contributed by atoms with van der Waals surface area (Å²) in [5.41, 5.74) is 0.378. The van der Waals surface area contributed by atoms with E-state index in [0.29, 0.717) is 25.1 Å². The Morgan fingerprint density at radius 1 is 1.50 bits per heavy atom. The van der Waals surface area contributed by atoms with Crippen molar-refractivity contribution >= 4 is 38.9 Å². The minimum atomic E-state index is -3.72. The number of carbonyl (C=O) groups excluding carboxylic acids is 1. The molecule has 20 heavy (non-hydrogen) atoms. The van der Waals surface area contributed by atoms with E-state index in [0.717, 1.165) is 11.3 Å². The van der Waals surface area contributed by atoms with Gasteiger partial charge in [-0.05, 0) is 19.8 Å². The number of aromatic nitrogens is 1. The maximum atomic E-state index is 12.7. The van der Waals surface area contributed by atoms with E-state index in [1.807, 2.05) is 0 Å². The Labute approximate surface area is 127 Å². The van der Waals surface area contributed by atoms with Gasteiger partial charge in [0.2, 0.25) is 5.91 Å². The lowest BCUT2D eigenvalue weighted by molar-refractivity contribution is -0.132. The third-order valence-corrected chi connectivity index (χ3v) is 6.96. The fourth-order valence-corrected chi connectivity index (χ4v) is 5.77. The van der Waals surface area contributed by atoms with Crippen LogP contribution >= 0.6 is 22.9 Å². The van der Waals surface area contributed by atoms with E-state index in [-0.39, 0.29) is 14.6 Å². The molecular weight excluding hydrogens is 322 g/mol. The molecule has 0 radical (unpaired) electrons. The molecule has 1 saturated heterocycles. The predicted octanol–water partition coefficient (Wildman–Crippen LogP) is 1.35. The van der Waals surface area contributed by atoms with Crippen molar-refractivity contribution in [3.05, 3.63) is 10.2 Å². The lowest BCUT2D eigenvalue weighted by Crippen LogP contribution is -2.45. The highest BCUT2D eigenvalue weighted by atomic mass is 35.5. The van der Waals surface area contributed by atoms with E-state index in [4.69, 9.17) is 11.6 Å². The van der Waals surface area contributed by atoms with Gasteiger partial charge in [0, 0.05) is 20.6 Å². The van der Waals surface area contributed by atoms with Gasteiger partial charge in [-0.25, -0.2) is 13.4 Å². The average molecular weight is 338 g/mol. The highest BCUT2D eigenvalue weighted by Gasteiger charge is 2.41. The molecule has 112 valence electrons. The lowest BCUT2D eigenvalue weighted by Gasteiger charge is -2.25. The Morgan fingerprint density at radius 2 is 2.15 bits per heavy atom. The maximum absolute atomic E-state index is 12.7. The van der Waals surface area contributed by atoms with E-state index < -0.39 is 16.1 Å². The second-order valence-electron chi connectivity index (χ2n) is 4.85. The van der Waals surface area contributed by atoms with E-state index in [1.165, 1.54) is 9.21 Å². The summed E-state index contributed by atoms with van der Waals surface area (Å²) < 4.78 is 26.9. The van der Waals surface area contributed by atoms with Crippen LogP contribution in [-0.4, -0.2) is 55.2 Å². The first-order valence-electron chi connectivity index (χ1n) is 6.11. The summed E-state index contributed by atoms with van der Waals surface area (Å²) in [5, 5.41) is 0. The summed E-state index contributed by atoms with van der Waals surface area (Å²) in [6.45, 7) is 1.95. The van der Waals surface area contributed by atoms with Gasteiger partial charge in [-0.15, -0.1) is 0 Å². The number of likely N-dealkylation sites (N-methyl/N-ethyl adjacent to an activating group) is 1. The summed E-state index contributed by atoms with van der Waals surface area (Å²) in [4.78, 5) is 17.5. The molecule has 1 fully saturated rings. The van der Waals surface area contributed by atoms with Crippen LogP contribution in [0.25, 0.3) is 0 Å². The standard InChI is InChI=1S/C11H16ClN3O3S2/c1-7-10(19-11(12)13-7)20(17,18)15-6-4-5-8(15)9(16)14(2)3/h8H,4-6H2,1-3H3. The first-order valence-corrected chi connectivity index (χ1v) is 8.74. The first-order chi connectivity index (χ1) is 9.25. The van der Waals surface area contributed by atoms with Crippen molar-refractivity contribution in [3.8, 4) is 0 Å². The number of sulfonamides is 1. The van der Waals surface area contributed by atoms with Crippen LogP contribution in [0, 0.1) is 6.92 Å². The highest BCUT2D eigenvalue weighted by Crippen LogP contribution is 2.33. The first kappa shape index (κ1) is 15.7. The Morgan fingerprint density at radius 3 is 2.65 bits per heavy atom. The van der Waals surface area contributed by atoms with Gasteiger partial charge in [0.1, 0.15) is 6.04 Å². The zero-order valence-corrected chi connectivity index (χ0v) is 13.8. The Kier molecular flexibility index (Phi) is 4.38. The Bertz CT molecular complexity index is 627. The van der Waals surface area contributed by atoms with Crippen LogP contribution in [0.1, 0.15) is 18.5 Å². The topological polar surface area (TPSA) is 70.6 Å². The molecule has 2 rings (SSSR count). The van der Waals surface area contributed by atoms with Crippen molar-refractivity contribution in [2.24, 2.45) is 0 Å². The van der Waals surface area contributed by atoms with Crippen molar-refractivity contribution < 1.29 is 13.2 Å². The average Bonchev–Trinajstić information content (AvgIpc) is 2.95. The number of halogens is 1. The van der Waals surface area contributed by atoms with Crippen molar-refractivity contribution in [1.29, 1.82) is 0 Å². The van der Waals surface area contributed by atoms with Crippen LogP contribution in [0.15, 0.2) is 4.21 Å². The van der Waals surface area contributed by atoms with Gasteiger partial charge in [0.15, 0.2) is 8.68 Å². The number of carbonyl (C=O) groups is 1. The summed E-state index contributed by atoms with van der Waals surface area (Å²) in [5.74, 6) is -0.195. The molecule has 1 aromatic heterocycles. The van der Waals surface area contributed by atoms with Crippen LogP contribution in [0.3, 0.4) is 0 Å². The zero-order chi connectivity index (χ0) is 15.1. The molecule has 1 aliphatic heterocycles. The van der Waals surface area contributed by atoms with Crippen LogP contribution in [0.2, 0.25) is 4.47 Å². The zero-order valence-electron chi connectivity index (χ0n) is 11.5. The molecule has 6 nitrogen and oxygen atoms in total. The van der Waals surface area contributed by atoms with Crippen LogP contribution in [0.4, 0.5) is 0 Å². The largest absolute Gasteiger partial charge is 0.347 e. The fraction of sp³-hybridized carbons (Fsp3) is 0.636. The van der Waals surface area contributed by atoms with Gasteiger partial charge in [0.25, 0.3) is 10.0 Å². The minimum absolute atomic E-state index is 0.126. The molecule has 1 unspecified atom stereocenters. The monoisotopic (exact) mass is 337 g/mol. The number of rotatable bonds is 3. The van der Waals surface area contributed by atoms with Gasteiger partial charge in [-0.2, -0.15) is 4.31 Å². The summed E-state index contributed by atoms with van der Waals surface area (Å²) >= 11 is 6.71.